The fourth-order valence-electron chi connectivity index (χ4n) is 2.38. The Kier molecular flexibility index (Phi) is 5.50. The number of hydrogen-bond acceptors (Lipinski definition) is 4. The van der Waals surface area contributed by atoms with Gasteiger partial charge >= 0.3 is 0 Å². The fraction of sp³-hybridized carbons (Fsp3) is 0.158. The number of nitrogens with zero attached hydrogens (tertiary/aromatic N) is 1. The molecule has 0 saturated heterocycles. The van der Waals surface area contributed by atoms with E-state index in [1.165, 1.54) is 0 Å². The molecule has 0 aliphatic rings. The SMILES string of the molecule is COc1ccccc1NC(=O)CCc1ncc(-c2cccc(Br)c2)o1. The summed E-state index contributed by atoms with van der Waals surface area (Å²) in [7, 11) is 1.57. The van der Waals surface area contributed by atoms with Gasteiger partial charge in [-0.25, -0.2) is 4.98 Å². The van der Waals surface area contributed by atoms with Gasteiger partial charge in [-0.3, -0.25) is 4.79 Å². The Morgan fingerprint density at radius 2 is 2.08 bits per heavy atom. The van der Waals surface area contributed by atoms with Gasteiger partial charge in [0.1, 0.15) is 5.75 Å². The fourth-order valence-corrected chi connectivity index (χ4v) is 2.78. The molecular formula is C19H17BrN2O3. The van der Waals surface area contributed by atoms with E-state index in [1.807, 2.05) is 36.4 Å². The van der Waals surface area contributed by atoms with Gasteiger partial charge < -0.3 is 14.5 Å². The number of halogens is 1. The molecule has 3 rings (SSSR count). The van der Waals surface area contributed by atoms with Crippen molar-refractivity contribution in [1.29, 1.82) is 0 Å². The van der Waals surface area contributed by atoms with Crippen molar-refractivity contribution >= 4 is 27.5 Å². The van der Waals surface area contributed by atoms with E-state index in [0.29, 0.717) is 29.5 Å². The first-order valence-corrected chi connectivity index (χ1v) is 8.58. The second kappa shape index (κ2) is 7.98. The second-order valence-electron chi connectivity index (χ2n) is 5.38. The van der Waals surface area contributed by atoms with Crippen LogP contribution in [0.1, 0.15) is 12.3 Å². The van der Waals surface area contributed by atoms with Crippen LogP contribution >= 0.6 is 15.9 Å². The number of amides is 1. The van der Waals surface area contributed by atoms with Gasteiger partial charge in [0, 0.05) is 22.9 Å². The van der Waals surface area contributed by atoms with Gasteiger partial charge in [-0.2, -0.15) is 0 Å². The maximum atomic E-state index is 12.1. The molecule has 1 heterocycles. The summed E-state index contributed by atoms with van der Waals surface area (Å²) in [4.78, 5) is 16.4. The number of rotatable bonds is 6. The highest BCUT2D eigenvalue weighted by Gasteiger charge is 2.11. The van der Waals surface area contributed by atoms with Crippen LogP contribution in [0.25, 0.3) is 11.3 Å². The third-order valence-electron chi connectivity index (χ3n) is 3.61. The smallest absolute Gasteiger partial charge is 0.224 e. The Morgan fingerprint density at radius 1 is 1.24 bits per heavy atom. The van der Waals surface area contributed by atoms with Gasteiger partial charge in [0.15, 0.2) is 11.7 Å². The lowest BCUT2D eigenvalue weighted by Crippen LogP contribution is -2.13. The molecule has 0 spiro atoms. The highest BCUT2D eigenvalue weighted by Crippen LogP contribution is 2.25. The van der Waals surface area contributed by atoms with E-state index in [0.717, 1.165) is 10.0 Å². The summed E-state index contributed by atoms with van der Waals surface area (Å²) < 4.78 is 11.9. The molecule has 0 aliphatic heterocycles. The number of ether oxygens (including phenoxy) is 1. The number of hydrogen-bond donors (Lipinski definition) is 1. The average Bonchev–Trinajstić information content (AvgIpc) is 3.09. The number of aromatic nitrogens is 1. The predicted molar refractivity (Wildman–Crippen MR) is 99.6 cm³/mol. The minimum absolute atomic E-state index is 0.119. The van der Waals surface area contributed by atoms with E-state index >= 15 is 0 Å². The quantitative estimate of drug-likeness (QED) is 0.651. The zero-order chi connectivity index (χ0) is 17.6. The van der Waals surface area contributed by atoms with Crippen molar-refractivity contribution in [3.8, 4) is 17.1 Å². The van der Waals surface area contributed by atoms with Crippen LogP contribution in [-0.2, 0) is 11.2 Å². The largest absolute Gasteiger partial charge is 0.495 e. The van der Waals surface area contributed by atoms with Gasteiger partial charge in [-0.15, -0.1) is 0 Å². The molecule has 0 atom stereocenters. The molecular weight excluding hydrogens is 384 g/mol. The molecule has 25 heavy (non-hydrogen) atoms. The van der Waals surface area contributed by atoms with Gasteiger partial charge in [0.05, 0.1) is 19.0 Å². The molecule has 3 aromatic rings. The molecule has 0 aliphatic carbocycles. The highest BCUT2D eigenvalue weighted by atomic mass is 79.9. The van der Waals surface area contributed by atoms with E-state index in [-0.39, 0.29) is 12.3 Å². The van der Waals surface area contributed by atoms with Crippen LogP contribution in [0.15, 0.2) is 63.6 Å². The normalized spacial score (nSPS) is 10.5. The summed E-state index contributed by atoms with van der Waals surface area (Å²) in [5.74, 6) is 1.72. The van der Waals surface area contributed by atoms with E-state index in [9.17, 15) is 4.79 Å². The number of benzene rings is 2. The number of nitrogens with one attached hydrogen (secondary N) is 1. The second-order valence-corrected chi connectivity index (χ2v) is 6.29. The molecule has 1 amide bonds. The van der Waals surface area contributed by atoms with Crippen LogP contribution in [0.3, 0.4) is 0 Å². The van der Waals surface area contributed by atoms with E-state index in [2.05, 4.69) is 26.2 Å². The first-order chi connectivity index (χ1) is 12.2. The standard InChI is InChI=1S/C19H17BrN2O3/c1-24-16-8-3-2-7-15(16)22-18(23)9-10-19-21-12-17(25-19)13-5-4-6-14(20)11-13/h2-8,11-12H,9-10H2,1H3,(H,22,23). The van der Waals surface area contributed by atoms with Crippen molar-refractivity contribution in [2.75, 3.05) is 12.4 Å². The lowest BCUT2D eigenvalue weighted by Gasteiger charge is -2.09. The number of methoxy groups -OCH3 is 1. The van der Waals surface area contributed by atoms with Crippen LogP contribution in [-0.4, -0.2) is 18.0 Å². The van der Waals surface area contributed by atoms with Crippen LogP contribution in [0, 0.1) is 0 Å². The molecule has 2 aromatic carbocycles. The van der Waals surface area contributed by atoms with Crippen LogP contribution in [0.5, 0.6) is 5.75 Å². The highest BCUT2D eigenvalue weighted by molar-refractivity contribution is 9.10. The first kappa shape index (κ1) is 17.2. The average molecular weight is 401 g/mol. The number of oxazole rings is 1. The Bertz CT molecular complexity index is 876. The zero-order valence-electron chi connectivity index (χ0n) is 13.7. The maximum absolute atomic E-state index is 12.1. The van der Waals surface area contributed by atoms with Gasteiger partial charge in [0.2, 0.25) is 5.91 Å². The third kappa shape index (κ3) is 4.48. The number of aryl methyl sites for hydroxylation is 1. The van der Waals surface area contributed by atoms with Crippen molar-refractivity contribution < 1.29 is 13.9 Å². The van der Waals surface area contributed by atoms with Crippen molar-refractivity contribution in [3.63, 3.8) is 0 Å². The van der Waals surface area contributed by atoms with Crippen molar-refractivity contribution in [3.05, 3.63) is 65.1 Å². The Morgan fingerprint density at radius 3 is 2.88 bits per heavy atom. The Hall–Kier alpha value is -2.60. The molecule has 0 unspecified atom stereocenters. The third-order valence-corrected chi connectivity index (χ3v) is 4.10. The summed E-state index contributed by atoms with van der Waals surface area (Å²) in [5, 5.41) is 2.84. The molecule has 1 N–H and O–H groups in total. The molecule has 0 saturated carbocycles. The van der Waals surface area contributed by atoms with Crippen molar-refractivity contribution in [2.24, 2.45) is 0 Å². The summed E-state index contributed by atoms with van der Waals surface area (Å²) in [5.41, 5.74) is 1.59. The summed E-state index contributed by atoms with van der Waals surface area (Å²) in [6.45, 7) is 0. The molecule has 0 fully saturated rings. The molecule has 1 aromatic heterocycles. The van der Waals surface area contributed by atoms with E-state index in [4.69, 9.17) is 9.15 Å². The first-order valence-electron chi connectivity index (χ1n) is 7.79. The molecule has 6 heteroatoms. The minimum Gasteiger partial charge on any atom is -0.495 e. The Balaban J connectivity index is 1.59. The number of carbonyl (C=O) groups is 1. The zero-order valence-corrected chi connectivity index (χ0v) is 15.2. The topological polar surface area (TPSA) is 64.4 Å². The van der Waals surface area contributed by atoms with E-state index in [1.54, 1.807) is 25.4 Å². The molecule has 0 radical (unpaired) electrons. The number of carbonyl (C=O) groups excluding carboxylic acids is 1. The lowest BCUT2D eigenvalue weighted by atomic mass is 10.2. The minimum atomic E-state index is -0.119. The molecule has 5 nitrogen and oxygen atoms in total. The predicted octanol–water partition coefficient (Wildman–Crippen LogP) is 4.68. The van der Waals surface area contributed by atoms with Gasteiger partial charge in [-0.1, -0.05) is 40.2 Å². The summed E-state index contributed by atoms with van der Waals surface area (Å²) in [6.07, 6.45) is 2.38. The summed E-state index contributed by atoms with van der Waals surface area (Å²) in [6, 6.07) is 15.1. The van der Waals surface area contributed by atoms with Crippen LogP contribution in [0.4, 0.5) is 5.69 Å². The number of para-hydroxylation sites is 2. The lowest BCUT2D eigenvalue weighted by molar-refractivity contribution is -0.116. The van der Waals surface area contributed by atoms with Crippen LogP contribution in [0.2, 0.25) is 0 Å². The van der Waals surface area contributed by atoms with E-state index < -0.39 is 0 Å². The monoisotopic (exact) mass is 400 g/mol. The van der Waals surface area contributed by atoms with Crippen molar-refractivity contribution in [2.45, 2.75) is 12.8 Å². The van der Waals surface area contributed by atoms with Gasteiger partial charge in [-0.05, 0) is 24.3 Å². The summed E-state index contributed by atoms with van der Waals surface area (Å²) >= 11 is 3.43. The van der Waals surface area contributed by atoms with Crippen molar-refractivity contribution in [1.82, 2.24) is 4.98 Å². The molecule has 128 valence electrons. The number of anilines is 1. The molecule has 0 bridgehead atoms. The Labute approximate surface area is 154 Å². The van der Waals surface area contributed by atoms with Gasteiger partial charge in [0.25, 0.3) is 0 Å². The van der Waals surface area contributed by atoms with Crippen LogP contribution < -0.4 is 10.1 Å². The maximum Gasteiger partial charge on any atom is 0.224 e.